The van der Waals surface area contributed by atoms with Gasteiger partial charge in [0.1, 0.15) is 0 Å². The third kappa shape index (κ3) is 8.78. The Bertz CT molecular complexity index is 1540. The van der Waals surface area contributed by atoms with E-state index in [0.29, 0.717) is 24.0 Å². The summed E-state index contributed by atoms with van der Waals surface area (Å²) < 4.78 is 0. The van der Waals surface area contributed by atoms with Crippen molar-refractivity contribution >= 4 is 46.8 Å². The summed E-state index contributed by atoms with van der Waals surface area (Å²) in [6.07, 6.45) is 3.01. The highest BCUT2D eigenvalue weighted by molar-refractivity contribution is 7.99. The van der Waals surface area contributed by atoms with E-state index in [2.05, 4.69) is 12.1 Å². The molecule has 4 aromatic rings. The van der Waals surface area contributed by atoms with Crippen LogP contribution in [0.5, 0.6) is 0 Å². The summed E-state index contributed by atoms with van der Waals surface area (Å²) in [7, 11) is 0. The Morgan fingerprint density at radius 2 is 0.952 bits per heavy atom. The molecular weight excluding hydrogens is 563 g/mol. The Hall–Kier alpha value is -3.94. The van der Waals surface area contributed by atoms with Crippen molar-refractivity contribution in [1.29, 1.82) is 0 Å². The van der Waals surface area contributed by atoms with Crippen LogP contribution in [0.15, 0.2) is 122 Å². The molecule has 5 nitrogen and oxygen atoms in total. The van der Waals surface area contributed by atoms with Crippen molar-refractivity contribution in [2.75, 3.05) is 0 Å². The van der Waals surface area contributed by atoms with E-state index in [4.69, 9.17) is 4.84 Å². The molecule has 0 N–H and O–H groups in total. The maximum atomic E-state index is 13.1. The summed E-state index contributed by atoms with van der Waals surface area (Å²) in [5, 5.41) is 4.00. The van der Waals surface area contributed by atoms with Gasteiger partial charge in [0.25, 0.3) is 0 Å². The first-order valence-electron chi connectivity index (χ1n) is 13.9. The molecule has 0 saturated carbocycles. The lowest BCUT2D eigenvalue weighted by Gasteiger charge is -2.08. The number of Topliss-reactive ketones (excluding diaryl/α,β-unsaturated/α-hetero) is 1. The minimum atomic E-state index is -0.437. The number of hydrogen-bond acceptors (Lipinski definition) is 7. The van der Waals surface area contributed by atoms with E-state index in [1.54, 1.807) is 23.5 Å². The predicted octanol–water partition coefficient (Wildman–Crippen LogP) is 9.27. The average molecular weight is 596 g/mol. The smallest absolute Gasteiger partial charge is 0.318 e. The van der Waals surface area contributed by atoms with E-state index in [0.717, 1.165) is 49.3 Å². The van der Waals surface area contributed by atoms with Gasteiger partial charge < -0.3 is 4.84 Å². The van der Waals surface area contributed by atoms with Gasteiger partial charge in [0.05, 0.1) is 5.71 Å². The lowest BCUT2D eigenvalue weighted by atomic mass is 10.0. The standard InChI is InChI=1S/C35H33NO4S2/c1-4-6-33(36-40-24(3)37)25-8-16-29(17-9-25)41-31-20-12-27(13-21-31)35(39)28-14-22-32(23-15-28)42-30-18-10-26(11-19-30)34(38)7-5-2/h8-23H,4-7H2,1-3H3. The largest absolute Gasteiger partial charge is 0.331 e. The minimum Gasteiger partial charge on any atom is -0.318 e. The molecule has 0 spiro atoms. The molecule has 0 atom stereocenters. The van der Waals surface area contributed by atoms with Crippen LogP contribution in [-0.4, -0.2) is 23.2 Å². The van der Waals surface area contributed by atoms with Gasteiger partial charge in [-0.1, -0.05) is 73.2 Å². The fourth-order valence-electron chi connectivity index (χ4n) is 4.18. The first-order chi connectivity index (χ1) is 20.4. The van der Waals surface area contributed by atoms with Crippen LogP contribution in [0.25, 0.3) is 0 Å². The Balaban J connectivity index is 1.35. The molecular formula is C35H33NO4S2. The quantitative estimate of drug-likeness (QED) is 0.0664. The van der Waals surface area contributed by atoms with Crippen LogP contribution in [-0.2, 0) is 9.63 Å². The molecule has 4 rings (SSSR count). The Kier molecular flexibility index (Phi) is 11.3. The van der Waals surface area contributed by atoms with Crippen molar-refractivity contribution in [3.63, 3.8) is 0 Å². The molecule has 0 radical (unpaired) electrons. The maximum Gasteiger partial charge on any atom is 0.331 e. The van der Waals surface area contributed by atoms with E-state index in [1.165, 1.54) is 6.92 Å². The van der Waals surface area contributed by atoms with Crippen molar-refractivity contribution in [3.05, 3.63) is 119 Å². The molecule has 7 heteroatoms. The third-order valence-electron chi connectivity index (χ3n) is 6.32. The zero-order valence-corrected chi connectivity index (χ0v) is 25.6. The van der Waals surface area contributed by atoms with E-state index in [9.17, 15) is 14.4 Å². The lowest BCUT2D eigenvalue weighted by molar-refractivity contribution is -0.140. The van der Waals surface area contributed by atoms with Crippen LogP contribution in [0, 0.1) is 0 Å². The SMILES string of the molecule is CCCC(=O)c1ccc(Sc2ccc(C(=O)c3ccc(Sc4ccc(C(CCC)=NOC(C)=O)cc4)cc3)cc2)cc1. The summed E-state index contributed by atoms with van der Waals surface area (Å²) >= 11 is 3.20. The van der Waals surface area contributed by atoms with Gasteiger partial charge >= 0.3 is 5.97 Å². The van der Waals surface area contributed by atoms with Crippen molar-refractivity contribution in [2.24, 2.45) is 5.16 Å². The van der Waals surface area contributed by atoms with Crippen LogP contribution in [0.3, 0.4) is 0 Å². The molecule has 214 valence electrons. The van der Waals surface area contributed by atoms with Crippen LogP contribution >= 0.6 is 23.5 Å². The Labute approximate surface area is 255 Å². The number of carbonyl (C=O) groups excluding carboxylic acids is 3. The van der Waals surface area contributed by atoms with Gasteiger partial charge in [-0.25, -0.2) is 4.79 Å². The molecule has 0 aliphatic carbocycles. The summed E-state index contributed by atoms with van der Waals surface area (Å²) in [5.74, 6) is -0.293. The molecule has 0 amide bonds. The molecule has 0 aromatic heterocycles. The molecule has 0 heterocycles. The van der Waals surface area contributed by atoms with E-state index in [1.807, 2.05) is 104 Å². The summed E-state index contributed by atoms with van der Waals surface area (Å²) in [6, 6.07) is 30.9. The van der Waals surface area contributed by atoms with Gasteiger partial charge in [-0.3, -0.25) is 9.59 Å². The number of nitrogens with zero attached hydrogens (tertiary/aromatic N) is 1. The van der Waals surface area contributed by atoms with E-state index < -0.39 is 5.97 Å². The first kappa shape index (κ1) is 31.0. The summed E-state index contributed by atoms with van der Waals surface area (Å²) in [4.78, 5) is 45.3. The molecule has 0 unspecified atom stereocenters. The highest BCUT2D eigenvalue weighted by Gasteiger charge is 2.11. The predicted molar refractivity (Wildman–Crippen MR) is 170 cm³/mol. The van der Waals surface area contributed by atoms with E-state index >= 15 is 0 Å². The molecule has 0 saturated heterocycles. The van der Waals surface area contributed by atoms with Gasteiger partial charge in [0.2, 0.25) is 0 Å². The highest BCUT2D eigenvalue weighted by atomic mass is 32.2. The van der Waals surface area contributed by atoms with Crippen LogP contribution < -0.4 is 0 Å². The monoisotopic (exact) mass is 595 g/mol. The normalized spacial score (nSPS) is 11.3. The zero-order chi connectivity index (χ0) is 29.9. The van der Waals surface area contributed by atoms with Crippen molar-refractivity contribution < 1.29 is 19.2 Å². The highest BCUT2D eigenvalue weighted by Crippen LogP contribution is 2.30. The molecule has 0 fully saturated rings. The van der Waals surface area contributed by atoms with Gasteiger partial charge in [-0.05, 0) is 91.2 Å². The van der Waals surface area contributed by atoms with Crippen molar-refractivity contribution in [2.45, 2.75) is 66.0 Å². The molecule has 0 aliphatic heterocycles. The van der Waals surface area contributed by atoms with Gasteiger partial charge in [-0.15, -0.1) is 0 Å². The summed E-state index contributed by atoms with van der Waals surface area (Å²) in [6.45, 7) is 5.39. The van der Waals surface area contributed by atoms with Crippen LogP contribution in [0.4, 0.5) is 0 Å². The van der Waals surface area contributed by atoms with Gasteiger partial charge in [0.15, 0.2) is 11.6 Å². The Morgan fingerprint density at radius 3 is 1.33 bits per heavy atom. The van der Waals surface area contributed by atoms with Crippen LogP contribution in [0.2, 0.25) is 0 Å². The number of hydrogen-bond donors (Lipinski definition) is 0. The molecule has 0 bridgehead atoms. The van der Waals surface area contributed by atoms with Gasteiger partial charge in [0, 0.05) is 49.6 Å². The van der Waals surface area contributed by atoms with Crippen molar-refractivity contribution in [1.82, 2.24) is 0 Å². The number of oxime groups is 1. The first-order valence-corrected chi connectivity index (χ1v) is 15.6. The minimum absolute atomic E-state index is 0.0261. The van der Waals surface area contributed by atoms with E-state index in [-0.39, 0.29) is 11.6 Å². The number of ketones is 2. The average Bonchev–Trinajstić information content (AvgIpc) is 3.00. The zero-order valence-electron chi connectivity index (χ0n) is 24.0. The Morgan fingerprint density at radius 1 is 0.571 bits per heavy atom. The second-order valence-electron chi connectivity index (χ2n) is 9.67. The third-order valence-corrected chi connectivity index (χ3v) is 8.35. The fraction of sp³-hybridized carbons (Fsp3) is 0.200. The lowest BCUT2D eigenvalue weighted by Crippen LogP contribution is -2.03. The fourth-order valence-corrected chi connectivity index (χ4v) is 5.82. The molecule has 0 aliphatic rings. The number of carbonyl (C=O) groups is 3. The maximum absolute atomic E-state index is 13.1. The number of rotatable bonds is 13. The summed E-state index contributed by atoms with van der Waals surface area (Å²) in [5.41, 5.74) is 3.67. The second kappa shape index (κ2) is 15.3. The second-order valence-corrected chi connectivity index (χ2v) is 12.0. The topological polar surface area (TPSA) is 72.8 Å². The van der Waals surface area contributed by atoms with Gasteiger partial charge in [-0.2, -0.15) is 0 Å². The molecule has 42 heavy (non-hydrogen) atoms. The van der Waals surface area contributed by atoms with Crippen molar-refractivity contribution in [3.8, 4) is 0 Å². The number of benzene rings is 4. The molecule has 4 aromatic carbocycles. The van der Waals surface area contributed by atoms with Crippen LogP contribution in [0.1, 0.15) is 78.3 Å².